The molecule has 0 bridgehead atoms. The molecule has 14 rings (SSSR count). The minimum Gasteiger partial charge on any atom is -0.311 e. The van der Waals surface area contributed by atoms with E-state index in [1.807, 2.05) is 0 Å². The lowest BCUT2D eigenvalue weighted by Gasteiger charge is -2.45. The molecule has 0 saturated heterocycles. The Kier molecular flexibility index (Phi) is 10.7. The second kappa shape index (κ2) is 17.2. The second-order valence-electron chi connectivity index (χ2n) is 27.2. The SMILES string of the molecule is CC(C)(C)c1cc(N2c3cc4cc5ccccc5cc4cc3B3c4cc5cc6ccccc6cc5cc4N(c4cc(C(C)(C)C)cc(C(C)(C)C)c4)c4cc(-c5ccc6ccc7ccccc7c6c5)cc2c43)cc(C(C)(C)C)c1. The quantitative estimate of drug-likeness (QED) is 0.0989. The van der Waals surface area contributed by atoms with Crippen LogP contribution in [0.5, 0.6) is 0 Å². The molecule has 0 spiro atoms. The van der Waals surface area contributed by atoms with E-state index in [1.165, 1.54) is 149 Å². The Labute approximate surface area is 467 Å². The first kappa shape index (κ1) is 49.2. The van der Waals surface area contributed by atoms with E-state index in [-0.39, 0.29) is 28.4 Å². The number of hydrogen-bond donors (Lipinski definition) is 0. The normalized spacial score (nSPS) is 13.7. The molecule has 0 atom stereocenters. The highest BCUT2D eigenvalue weighted by molar-refractivity contribution is 7.00. The molecule has 79 heavy (non-hydrogen) atoms. The van der Waals surface area contributed by atoms with Gasteiger partial charge < -0.3 is 9.80 Å². The van der Waals surface area contributed by atoms with Crippen LogP contribution in [-0.2, 0) is 21.7 Å². The molecule has 2 aliphatic rings. The van der Waals surface area contributed by atoms with Gasteiger partial charge in [-0.2, -0.15) is 0 Å². The van der Waals surface area contributed by atoms with Crippen LogP contribution >= 0.6 is 0 Å². The summed E-state index contributed by atoms with van der Waals surface area (Å²) in [4.78, 5) is 5.35. The number of nitrogens with zero attached hydrogens (tertiary/aromatic N) is 2. The van der Waals surface area contributed by atoms with Gasteiger partial charge >= 0.3 is 0 Å². The van der Waals surface area contributed by atoms with Crippen LogP contribution in [0.1, 0.15) is 105 Å². The minimum absolute atomic E-state index is 0.0930. The van der Waals surface area contributed by atoms with Gasteiger partial charge in [-0.3, -0.25) is 0 Å². The highest BCUT2D eigenvalue weighted by Gasteiger charge is 2.45. The number of fused-ring (bicyclic) bond motifs is 11. The third kappa shape index (κ3) is 8.14. The zero-order valence-corrected chi connectivity index (χ0v) is 48.0. The summed E-state index contributed by atoms with van der Waals surface area (Å²) in [5.41, 5.74) is 18.5. The van der Waals surface area contributed by atoms with E-state index in [4.69, 9.17) is 0 Å². The number of benzene rings is 12. The predicted octanol–water partition coefficient (Wildman–Crippen LogP) is 19.5. The zero-order chi connectivity index (χ0) is 54.7. The molecule has 0 N–H and O–H groups in total. The van der Waals surface area contributed by atoms with Crippen LogP contribution in [0.4, 0.5) is 34.1 Å². The maximum atomic E-state index is 2.67. The Bertz CT molecular complexity index is 4260. The minimum atomic E-state index is -0.0988. The van der Waals surface area contributed by atoms with E-state index < -0.39 is 0 Å². The Morgan fingerprint density at radius 3 is 1.03 bits per heavy atom. The van der Waals surface area contributed by atoms with Gasteiger partial charge in [0, 0.05) is 34.1 Å². The van der Waals surface area contributed by atoms with Gasteiger partial charge in [0.1, 0.15) is 0 Å². The maximum absolute atomic E-state index is 2.67. The molecule has 0 radical (unpaired) electrons. The summed E-state index contributed by atoms with van der Waals surface area (Å²) >= 11 is 0. The molecule has 2 heterocycles. The van der Waals surface area contributed by atoms with E-state index in [1.54, 1.807) is 0 Å². The molecule has 12 aromatic carbocycles. The summed E-state index contributed by atoms with van der Waals surface area (Å²) in [6.45, 7) is 28.3. The average Bonchev–Trinajstić information content (AvgIpc) is 3.28. The van der Waals surface area contributed by atoms with Gasteiger partial charge in [-0.15, -0.1) is 0 Å². The van der Waals surface area contributed by atoms with Gasteiger partial charge in [0.25, 0.3) is 6.71 Å². The van der Waals surface area contributed by atoms with E-state index in [9.17, 15) is 0 Å². The van der Waals surface area contributed by atoms with Crippen molar-refractivity contribution < 1.29 is 0 Å². The van der Waals surface area contributed by atoms with Crippen LogP contribution in [0, 0.1) is 0 Å². The van der Waals surface area contributed by atoms with Crippen LogP contribution in [-0.4, -0.2) is 6.71 Å². The molecule has 2 nitrogen and oxygen atoms in total. The monoisotopic (exact) mass is 1020 g/mol. The predicted molar refractivity (Wildman–Crippen MR) is 346 cm³/mol. The smallest absolute Gasteiger partial charge is 0.252 e. The first-order valence-corrected chi connectivity index (χ1v) is 28.6. The summed E-state index contributed by atoms with van der Waals surface area (Å²) < 4.78 is 0. The lowest BCUT2D eigenvalue weighted by atomic mass is 9.33. The number of hydrogen-bond acceptors (Lipinski definition) is 2. The molecule has 0 aromatic heterocycles. The third-order valence-corrected chi connectivity index (χ3v) is 17.6. The summed E-state index contributed by atoms with van der Waals surface area (Å²) in [5, 5.41) is 15.0. The zero-order valence-electron chi connectivity index (χ0n) is 48.0. The van der Waals surface area contributed by atoms with Crippen LogP contribution in [0.25, 0.3) is 75.8 Å². The average molecular weight is 1020 g/mol. The van der Waals surface area contributed by atoms with Crippen molar-refractivity contribution in [2.45, 2.75) is 105 Å². The molecular formula is C76H69BN2. The summed E-state index contributed by atoms with van der Waals surface area (Å²) in [5.74, 6) is 0. The molecule has 0 fully saturated rings. The second-order valence-corrected chi connectivity index (χ2v) is 27.2. The Morgan fingerprint density at radius 1 is 0.266 bits per heavy atom. The van der Waals surface area contributed by atoms with Crippen molar-refractivity contribution in [2.24, 2.45) is 0 Å². The fraction of sp³-hybridized carbons (Fsp3) is 0.211. The molecule has 2 aliphatic heterocycles. The number of rotatable bonds is 3. The molecule has 0 unspecified atom stereocenters. The van der Waals surface area contributed by atoms with Crippen molar-refractivity contribution in [1.29, 1.82) is 0 Å². The van der Waals surface area contributed by atoms with E-state index in [0.29, 0.717) is 0 Å². The maximum Gasteiger partial charge on any atom is 0.252 e. The van der Waals surface area contributed by atoms with Gasteiger partial charge in [0.15, 0.2) is 0 Å². The van der Waals surface area contributed by atoms with Gasteiger partial charge in [0.05, 0.1) is 0 Å². The van der Waals surface area contributed by atoms with Crippen LogP contribution in [0.2, 0.25) is 0 Å². The first-order chi connectivity index (χ1) is 37.6. The molecule has 12 aromatic rings. The van der Waals surface area contributed by atoms with E-state index in [2.05, 4.69) is 293 Å². The summed E-state index contributed by atoms with van der Waals surface area (Å²) in [6.07, 6.45) is 0. The standard InChI is InChI=1S/C76H69BN2/c1-73(2,3)58-40-59(74(4,5)6)43-62(42-58)78-68-36-55-31-50-22-15-13-20-48(50)29-53(55)34-66(68)77-67-35-54-30-49-21-14-16-23-51(49)32-56(54)37-69(67)79(63-44-60(75(7,8)9)41-61(45-63)76(10,11)12)71-39-57(38-70(78)72(71)77)52-28-27-47-26-25-46-19-17-18-24-64(46)65(47)33-52/h13-45H,1-12H3. The lowest BCUT2D eigenvalue weighted by Crippen LogP contribution is -2.61. The Balaban J connectivity index is 1.17. The van der Waals surface area contributed by atoms with Crippen molar-refractivity contribution in [1.82, 2.24) is 0 Å². The van der Waals surface area contributed by atoms with Crippen LogP contribution in [0.15, 0.2) is 200 Å². The van der Waals surface area contributed by atoms with E-state index in [0.717, 1.165) is 0 Å². The van der Waals surface area contributed by atoms with Crippen molar-refractivity contribution in [2.75, 3.05) is 9.80 Å². The Hall–Kier alpha value is -8.14. The fourth-order valence-electron chi connectivity index (χ4n) is 13.0. The van der Waals surface area contributed by atoms with Crippen LogP contribution in [0.3, 0.4) is 0 Å². The molecule has 0 saturated carbocycles. The lowest BCUT2D eigenvalue weighted by molar-refractivity contribution is 0.568. The topological polar surface area (TPSA) is 6.48 Å². The van der Waals surface area contributed by atoms with Crippen molar-refractivity contribution in [3.8, 4) is 11.1 Å². The third-order valence-electron chi connectivity index (χ3n) is 17.6. The van der Waals surface area contributed by atoms with Gasteiger partial charge in [0.2, 0.25) is 0 Å². The van der Waals surface area contributed by atoms with Crippen molar-refractivity contribution in [3.05, 3.63) is 222 Å². The molecule has 386 valence electrons. The summed E-state index contributed by atoms with van der Waals surface area (Å²) in [7, 11) is 0. The Morgan fingerprint density at radius 2 is 0.620 bits per heavy atom. The molecular weight excluding hydrogens is 952 g/mol. The fourth-order valence-corrected chi connectivity index (χ4v) is 13.0. The molecule has 0 amide bonds. The molecule has 3 heteroatoms. The van der Waals surface area contributed by atoms with Crippen molar-refractivity contribution >= 4 is 122 Å². The van der Waals surface area contributed by atoms with Gasteiger partial charge in [-0.1, -0.05) is 204 Å². The van der Waals surface area contributed by atoms with Gasteiger partial charge in [-0.05, 0) is 215 Å². The van der Waals surface area contributed by atoms with Crippen molar-refractivity contribution in [3.63, 3.8) is 0 Å². The van der Waals surface area contributed by atoms with Gasteiger partial charge in [-0.25, -0.2) is 0 Å². The summed E-state index contributed by atoms with van der Waals surface area (Å²) in [6, 6.07) is 78.1. The highest BCUT2D eigenvalue weighted by Crippen LogP contribution is 2.50. The first-order valence-electron chi connectivity index (χ1n) is 28.6. The highest BCUT2D eigenvalue weighted by atomic mass is 15.2. The molecule has 0 aliphatic carbocycles. The largest absolute Gasteiger partial charge is 0.311 e. The van der Waals surface area contributed by atoms with E-state index >= 15 is 0 Å². The van der Waals surface area contributed by atoms with Crippen LogP contribution < -0.4 is 26.2 Å². The number of anilines is 6.